The Bertz CT molecular complexity index is 703. The second kappa shape index (κ2) is 4.97. The number of carbonyl (C=O) groups is 1. The number of likely N-dealkylation sites (N-methyl/N-ethyl adjacent to an activating group) is 1. The van der Waals surface area contributed by atoms with Crippen LogP contribution in [0.5, 0.6) is 0 Å². The van der Waals surface area contributed by atoms with E-state index in [1.54, 1.807) is 11.3 Å². The lowest BCUT2D eigenvalue weighted by Gasteiger charge is -2.24. The van der Waals surface area contributed by atoms with Crippen LogP contribution in [0.2, 0.25) is 0 Å². The lowest BCUT2D eigenvalue weighted by atomic mass is 9.83. The van der Waals surface area contributed by atoms with Crippen molar-refractivity contribution in [1.82, 2.24) is 0 Å². The normalized spacial score (nSPS) is 14.7. The molecule has 4 heteroatoms. The third-order valence-corrected chi connectivity index (χ3v) is 5.43. The number of aldehydes is 1. The summed E-state index contributed by atoms with van der Waals surface area (Å²) >= 11 is 1.57. The van der Waals surface area contributed by atoms with E-state index in [0.29, 0.717) is 6.54 Å². The van der Waals surface area contributed by atoms with Gasteiger partial charge in [0.15, 0.2) is 6.29 Å². The fourth-order valence-electron chi connectivity index (χ4n) is 3.04. The summed E-state index contributed by atoms with van der Waals surface area (Å²) in [6, 6.07) is 8.44. The molecular formula is C17H19NO2S. The predicted octanol–water partition coefficient (Wildman–Crippen LogP) is 3.30. The second-order valence-electron chi connectivity index (χ2n) is 6.01. The van der Waals surface area contributed by atoms with Crippen molar-refractivity contribution in [3.8, 4) is 10.4 Å². The van der Waals surface area contributed by atoms with Crippen LogP contribution in [0, 0.1) is 0 Å². The summed E-state index contributed by atoms with van der Waals surface area (Å²) in [5.41, 5.74) is 4.80. The van der Waals surface area contributed by atoms with Gasteiger partial charge in [0.2, 0.25) is 0 Å². The average molecular weight is 301 g/mol. The van der Waals surface area contributed by atoms with Crippen molar-refractivity contribution in [2.45, 2.75) is 19.3 Å². The van der Waals surface area contributed by atoms with E-state index in [-0.39, 0.29) is 12.0 Å². The molecule has 0 atom stereocenters. The van der Waals surface area contributed by atoms with Crippen LogP contribution in [0.1, 0.15) is 34.6 Å². The number of thiophene rings is 1. The molecule has 1 aliphatic carbocycles. The molecule has 3 nitrogen and oxygen atoms in total. The van der Waals surface area contributed by atoms with Gasteiger partial charge in [0.05, 0.1) is 11.5 Å². The minimum Gasteiger partial charge on any atom is -0.395 e. The summed E-state index contributed by atoms with van der Waals surface area (Å²) in [6.45, 7) is 5.17. The number of rotatable bonds is 4. The highest BCUT2D eigenvalue weighted by Gasteiger charge is 2.37. The first-order valence-corrected chi connectivity index (χ1v) is 7.87. The van der Waals surface area contributed by atoms with E-state index in [1.165, 1.54) is 21.6 Å². The van der Waals surface area contributed by atoms with Crippen molar-refractivity contribution >= 4 is 23.3 Å². The quantitative estimate of drug-likeness (QED) is 0.881. The van der Waals surface area contributed by atoms with Gasteiger partial charge in [0.25, 0.3) is 0 Å². The molecular weight excluding hydrogens is 282 g/mol. The highest BCUT2D eigenvalue weighted by atomic mass is 32.1. The summed E-state index contributed by atoms with van der Waals surface area (Å²) < 4.78 is 0. The molecule has 0 unspecified atom stereocenters. The SMILES string of the molecule is CN(CCO)c1ccc2c(c1)C(C)(C)c1cc(C=O)sc1-2. The molecule has 0 radical (unpaired) electrons. The number of hydrogen-bond donors (Lipinski definition) is 1. The van der Waals surface area contributed by atoms with Crippen LogP contribution in [0.15, 0.2) is 24.3 Å². The Balaban J connectivity index is 2.11. The summed E-state index contributed by atoms with van der Waals surface area (Å²) in [7, 11) is 1.99. The summed E-state index contributed by atoms with van der Waals surface area (Å²) in [4.78, 5) is 15.1. The van der Waals surface area contributed by atoms with Gasteiger partial charge >= 0.3 is 0 Å². The summed E-state index contributed by atoms with van der Waals surface area (Å²) in [6.07, 6.45) is 0.933. The number of benzene rings is 1. The van der Waals surface area contributed by atoms with Gasteiger partial charge in [-0.1, -0.05) is 19.9 Å². The molecule has 0 amide bonds. The Morgan fingerprint density at radius 2 is 2.05 bits per heavy atom. The molecule has 0 saturated heterocycles. The molecule has 2 aromatic rings. The molecule has 1 heterocycles. The first kappa shape index (κ1) is 14.3. The van der Waals surface area contributed by atoms with Crippen LogP contribution in [-0.2, 0) is 5.41 Å². The molecule has 0 saturated carbocycles. The standard InChI is InChI=1S/C17H19NO2S/c1-17(2)14-8-11(18(3)6-7-19)4-5-13(14)16-15(17)9-12(10-20)21-16/h4-5,8-10,19H,6-7H2,1-3H3. The summed E-state index contributed by atoms with van der Waals surface area (Å²) in [5, 5.41) is 9.09. The lowest BCUT2D eigenvalue weighted by Crippen LogP contribution is -2.22. The van der Waals surface area contributed by atoms with Crippen molar-refractivity contribution in [2.75, 3.05) is 25.1 Å². The highest BCUT2D eigenvalue weighted by molar-refractivity contribution is 7.17. The summed E-state index contributed by atoms with van der Waals surface area (Å²) in [5.74, 6) is 0. The smallest absolute Gasteiger partial charge is 0.160 e. The zero-order valence-electron chi connectivity index (χ0n) is 12.5. The fourth-order valence-corrected chi connectivity index (χ4v) is 4.21. The Morgan fingerprint density at radius 3 is 2.71 bits per heavy atom. The molecule has 0 spiro atoms. The fraction of sp³-hybridized carbons (Fsp3) is 0.353. The molecule has 110 valence electrons. The Kier molecular flexibility index (Phi) is 3.38. The number of aliphatic hydroxyl groups excluding tert-OH is 1. The third kappa shape index (κ3) is 2.10. The van der Waals surface area contributed by atoms with Gasteiger partial charge in [0.1, 0.15) is 0 Å². The van der Waals surface area contributed by atoms with Crippen LogP contribution in [0.4, 0.5) is 5.69 Å². The molecule has 1 aromatic carbocycles. The number of carbonyl (C=O) groups excluding carboxylic acids is 1. The molecule has 3 rings (SSSR count). The third-order valence-electron chi connectivity index (χ3n) is 4.34. The minimum absolute atomic E-state index is 0.0848. The van der Waals surface area contributed by atoms with Gasteiger partial charge in [-0.3, -0.25) is 4.79 Å². The number of anilines is 1. The van der Waals surface area contributed by atoms with Crippen LogP contribution in [-0.4, -0.2) is 31.6 Å². The maximum absolute atomic E-state index is 11.0. The molecule has 1 aromatic heterocycles. The van der Waals surface area contributed by atoms with E-state index in [2.05, 4.69) is 36.9 Å². The van der Waals surface area contributed by atoms with Gasteiger partial charge < -0.3 is 10.0 Å². The van der Waals surface area contributed by atoms with Gasteiger partial charge in [0, 0.05) is 29.6 Å². The number of aliphatic hydroxyl groups is 1. The van der Waals surface area contributed by atoms with E-state index in [1.807, 2.05) is 13.1 Å². The van der Waals surface area contributed by atoms with Crippen molar-refractivity contribution in [2.24, 2.45) is 0 Å². The number of nitrogens with zero attached hydrogens (tertiary/aromatic N) is 1. The second-order valence-corrected chi connectivity index (χ2v) is 7.09. The maximum atomic E-state index is 11.0. The molecule has 1 N–H and O–H groups in total. The lowest BCUT2D eigenvalue weighted by molar-refractivity contribution is 0.112. The van der Waals surface area contributed by atoms with Gasteiger partial charge in [-0.25, -0.2) is 0 Å². The van der Waals surface area contributed by atoms with Crippen LogP contribution in [0.25, 0.3) is 10.4 Å². The topological polar surface area (TPSA) is 40.5 Å². The van der Waals surface area contributed by atoms with Crippen molar-refractivity contribution in [3.63, 3.8) is 0 Å². The maximum Gasteiger partial charge on any atom is 0.160 e. The zero-order chi connectivity index (χ0) is 15.2. The number of hydrogen-bond acceptors (Lipinski definition) is 4. The van der Waals surface area contributed by atoms with E-state index in [9.17, 15) is 4.79 Å². The van der Waals surface area contributed by atoms with Crippen LogP contribution in [0.3, 0.4) is 0 Å². The monoisotopic (exact) mass is 301 g/mol. The van der Waals surface area contributed by atoms with E-state index in [4.69, 9.17) is 5.11 Å². The predicted molar refractivity (Wildman–Crippen MR) is 87.6 cm³/mol. The van der Waals surface area contributed by atoms with E-state index in [0.717, 1.165) is 16.9 Å². The Labute approximate surface area is 128 Å². The molecule has 0 fully saturated rings. The van der Waals surface area contributed by atoms with Crippen molar-refractivity contribution < 1.29 is 9.90 Å². The largest absolute Gasteiger partial charge is 0.395 e. The molecule has 21 heavy (non-hydrogen) atoms. The average Bonchev–Trinajstić information content (AvgIpc) is 2.98. The first-order valence-electron chi connectivity index (χ1n) is 7.05. The van der Waals surface area contributed by atoms with Gasteiger partial charge in [-0.2, -0.15) is 0 Å². The van der Waals surface area contributed by atoms with Crippen molar-refractivity contribution in [1.29, 1.82) is 0 Å². The van der Waals surface area contributed by atoms with Crippen LogP contribution >= 0.6 is 11.3 Å². The first-order chi connectivity index (χ1) is 9.98. The van der Waals surface area contributed by atoms with Gasteiger partial charge in [-0.05, 0) is 34.9 Å². The Hall–Kier alpha value is -1.65. The highest BCUT2D eigenvalue weighted by Crippen LogP contribution is 2.52. The molecule has 1 aliphatic rings. The minimum atomic E-state index is -0.0848. The van der Waals surface area contributed by atoms with E-state index >= 15 is 0 Å². The zero-order valence-corrected chi connectivity index (χ0v) is 13.3. The molecule has 0 aliphatic heterocycles. The number of fused-ring (bicyclic) bond motifs is 3. The van der Waals surface area contributed by atoms with Gasteiger partial charge in [-0.15, -0.1) is 11.3 Å². The Morgan fingerprint density at radius 1 is 1.29 bits per heavy atom. The molecule has 0 bridgehead atoms. The van der Waals surface area contributed by atoms with Crippen LogP contribution < -0.4 is 4.90 Å². The van der Waals surface area contributed by atoms with E-state index < -0.39 is 0 Å². The van der Waals surface area contributed by atoms with Crippen molar-refractivity contribution in [3.05, 3.63) is 40.3 Å².